The molecule has 1 saturated heterocycles. The Balaban J connectivity index is 1.94. The second kappa shape index (κ2) is 6.92. The molecule has 2 N–H and O–H groups in total. The molecule has 0 radical (unpaired) electrons. The summed E-state index contributed by atoms with van der Waals surface area (Å²) in [7, 11) is 0. The molecule has 2 unspecified atom stereocenters. The van der Waals surface area contributed by atoms with Crippen LogP contribution in [0.25, 0.3) is 0 Å². The van der Waals surface area contributed by atoms with Crippen LogP contribution in [0, 0.1) is 5.92 Å². The van der Waals surface area contributed by atoms with E-state index in [9.17, 15) is 9.59 Å². The second-order valence-electron chi connectivity index (χ2n) is 4.79. The zero-order chi connectivity index (χ0) is 14.5. The van der Waals surface area contributed by atoms with Gasteiger partial charge in [0, 0.05) is 18.3 Å². The highest BCUT2D eigenvalue weighted by atomic mass is 32.1. The van der Waals surface area contributed by atoms with E-state index < -0.39 is 0 Å². The molecule has 1 amide bonds. The van der Waals surface area contributed by atoms with Crippen molar-refractivity contribution in [1.29, 1.82) is 0 Å². The van der Waals surface area contributed by atoms with E-state index in [2.05, 4.69) is 22.5 Å². The molecule has 1 aliphatic heterocycles. The Hall–Kier alpha value is -1.31. The molecule has 0 saturated carbocycles. The van der Waals surface area contributed by atoms with Gasteiger partial charge < -0.3 is 15.4 Å². The zero-order valence-corrected chi connectivity index (χ0v) is 12.5. The van der Waals surface area contributed by atoms with Crippen LogP contribution in [0.3, 0.4) is 0 Å². The summed E-state index contributed by atoms with van der Waals surface area (Å²) >= 11 is 1.26. The third kappa shape index (κ3) is 3.62. The van der Waals surface area contributed by atoms with E-state index >= 15 is 0 Å². The van der Waals surface area contributed by atoms with Crippen molar-refractivity contribution in [2.75, 3.05) is 25.1 Å². The minimum atomic E-state index is -0.216. The van der Waals surface area contributed by atoms with Crippen LogP contribution in [0.4, 0.5) is 5.13 Å². The highest BCUT2D eigenvalue weighted by Gasteiger charge is 2.33. The number of ketones is 1. The van der Waals surface area contributed by atoms with Gasteiger partial charge in [-0.3, -0.25) is 9.59 Å². The zero-order valence-electron chi connectivity index (χ0n) is 11.6. The summed E-state index contributed by atoms with van der Waals surface area (Å²) in [6.45, 7) is 5.36. The molecule has 1 aliphatic rings. The molecule has 1 aromatic rings. The number of amides is 1. The van der Waals surface area contributed by atoms with Crippen molar-refractivity contribution in [2.24, 2.45) is 5.92 Å². The minimum Gasteiger partial charge on any atom is -0.379 e. The number of hydrogen-bond acceptors (Lipinski definition) is 6. The van der Waals surface area contributed by atoms with Crippen LogP contribution in [-0.4, -0.2) is 42.5 Å². The maximum absolute atomic E-state index is 12.2. The van der Waals surface area contributed by atoms with Gasteiger partial charge in [0.05, 0.1) is 19.1 Å². The molecule has 1 fully saturated rings. The smallest absolute Gasteiger partial charge is 0.233 e. The lowest BCUT2D eigenvalue weighted by Gasteiger charge is -2.17. The number of nitrogens with one attached hydrogen (secondary N) is 2. The number of carbonyl (C=O) groups excluding carboxylic acids is 2. The molecule has 6 nitrogen and oxygen atoms in total. The normalized spacial score (nSPS) is 21.9. The topological polar surface area (TPSA) is 80.3 Å². The Morgan fingerprint density at radius 1 is 1.50 bits per heavy atom. The maximum atomic E-state index is 12.2. The first-order valence-electron chi connectivity index (χ1n) is 6.70. The molecule has 0 aliphatic carbocycles. The lowest BCUT2D eigenvalue weighted by atomic mass is 10.0. The summed E-state index contributed by atoms with van der Waals surface area (Å²) in [5.74, 6) is -0.430. The first-order chi connectivity index (χ1) is 9.61. The number of hydrogen-bond donors (Lipinski definition) is 2. The van der Waals surface area contributed by atoms with Gasteiger partial charge in [-0.2, -0.15) is 0 Å². The quantitative estimate of drug-likeness (QED) is 0.774. The van der Waals surface area contributed by atoms with Crippen molar-refractivity contribution in [2.45, 2.75) is 26.3 Å². The number of Topliss-reactive ketones (excluding diaryl/α,β-unsaturated/α-hetero) is 1. The van der Waals surface area contributed by atoms with Gasteiger partial charge in [0.2, 0.25) is 5.91 Å². The first-order valence-corrected chi connectivity index (χ1v) is 7.58. The SMILES string of the molecule is CCCNC1COCC1C(=O)Nc1nc(C(C)=O)cs1. The van der Waals surface area contributed by atoms with Gasteiger partial charge in [-0.15, -0.1) is 11.3 Å². The Labute approximate surface area is 121 Å². The molecule has 0 spiro atoms. The molecular formula is C13H19N3O3S. The van der Waals surface area contributed by atoms with Crippen LogP contribution in [0.5, 0.6) is 0 Å². The third-order valence-corrected chi connectivity index (χ3v) is 3.93. The van der Waals surface area contributed by atoms with Crippen molar-refractivity contribution < 1.29 is 14.3 Å². The van der Waals surface area contributed by atoms with Crippen LogP contribution < -0.4 is 10.6 Å². The largest absolute Gasteiger partial charge is 0.379 e. The summed E-state index contributed by atoms with van der Waals surface area (Å²) in [5, 5.41) is 8.18. The van der Waals surface area contributed by atoms with E-state index in [1.54, 1.807) is 5.38 Å². The van der Waals surface area contributed by atoms with E-state index in [-0.39, 0.29) is 23.7 Å². The number of rotatable bonds is 6. The molecule has 1 aromatic heterocycles. The van der Waals surface area contributed by atoms with Crippen LogP contribution in [0.1, 0.15) is 30.8 Å². The van der Waals surface area contributed by atoms with E-state index in [0.29, 0.717) is 24.0 Å². The average Bonchev–Trinajstić information content (AvgIpc) is 3.04. The van der Waals surface area contributed by atoms with E-state index in [4.69, 9.17) is 4.74 Å². The fraction of sp³-hybridized carbons (Fsp3) is 0.615. The number of anilines is 1. The fourth-order valence-electron chi connectivity index (χ4n) is 2.03. The molecule has 110 valence electrons. The Bertz CT molecular complexity index is 489. The summed E-state index contributed by atoms with van der Waals surface area (Å²) in [5.41, 5.74) is 0.383. The Morgan fingerprint density at radius 2 is 2.30 bits per heavy atom. The van der Waals surface area contributed by atoms with Crippen molar-refractivity contribution in [3.8, 4) is 0 Å². The van der Waals surface area contributed by atoms with Crippen molar-refractivity contribution >= 4 is 28.2 Å². The van der Waals surface area contributed by atoms with E-state index in [1.807, 2.05) is 0 Å². The van der Waals surface area contributed by atoms with Crippen molar-refractivity contribution in [1.82, 2.24) is 10.3 Å². The number of thiazole rings is 1. The average molecular weight is 297 g/mol. The van der Waals surface area contributed by atoms with Gasteiger partial charge in [0.25, 0.3) is 0 Å². The predicted octanol–water partition coefficient (Wildman–Crippen LogP) is 1.30. The van der Waals surface area contributed by atoms with Crippen molar-refractivity contribution in [3.63, 3.8) is 0 Å². The molecule has 7 heteroatoms. The summed E-state index contributed by atoms with van der Waals surface area (Å²) in [4.78, 5) is 27.5. The van der Waals surface area contributed by atoms with E-state index in [0.717, 1.165) is 13.0 Å². The van der Waals surface area contributed by atoms with Gasteiger partial charge in [-0.25, -0.2) is 4.98 Å². The van der Waals surface area contributed by atoms with Gasteiger partial charge in [0.1, 0.15) is 5.69 Å². The van der Waals surface area contributed by atoms with Gasteiger partial charge in [-0.1, -0.05) is 6.92 Å². The third-order valence-electron chi connectivity index (χ3n) is 3.17. The van der Waals surface area contributed by atoms with Crippen LogP contribution in [-0.2, 0) is 9.53 Å². The predicted molar refractivity (Wildman–Crippen MR) is 77.1 cm³/mol. The van der Waals surface area contributed by atoms with Gasteiger partial charge >= 0.3 is 0 Å². The molecule has 2 atom stereocenters. The lowest BCUT2D eigenvalue weighted by molar-refractivity contribution is -0.120. The first kappa shape index (κ1) is 15.1. The number of ether oxygens (including phenoxy) is 1. The molecule has 0 bridgehead atoms. The fourth-order valence-corrected chi connectivity index (χ4v) is 2.79. The maximum Gasteiger partial charge on any atom is 0.233 e. The molecular weight excluding hydrogens is 278 g/mol. The molecule has 0 aromatic carbocycles. The van der Waals surface area contributed by atoms with Crippen LogP contribution >= 0.6 is 11.3 Å². The lowest BCUT2D eigenvalue weighted by Crippen LogP contribution is -2.41. The summed E-state index contributed by atoms with van der Waals surface area (Å²) in [6.07, 6.45) is 1.01. The summed E-state index contributed by atoms with van der Waals surface area (Å²) in [6, 6.07) is 0.0437. The number of carbonyl (C=O) groups is 2. The van der Waals surface area contributed by atoms with Crippen molar-refractivity contribution in [3.05, 3.63) is 11.1 Å². The van der Waals surface area contributed by atoms with E-state index in [1.165, 1.54) is 18.3 Å². The standard InChI is InChI=1S/C13H19N3O3S/c1-3-4-14-10-6-19-5-9(10)12(18)16-13-15-11(7-20-13)8(2)17/h7,9-10,14H,3-6H2,1-2H3,(H,15,16,18). The number of nitrogens with zero attached hydrogens (tertiary/aromatic N) is 1. The highest BCUT2D eigenvalue weighted by Crippen LogP contribution is 2.20. The number of aromatic nitrogens is 1. The molecule has 20 heavy (non-hydrogen) atoms. The monoisotopic (exact) mass is 297 g/mol. The summed E-state index contributed by atoms with van der Waals surface area (Å²) < 4.78 is 5.37. The van der Waals surface area contributed by atoms with Crippen LogP contribution in [0.2, 0.25) is 0 Å². The van der Waals surface area contributed by atoms with Gasteiger partial charge in [0.15, 0.2) is 10.9 Å². The Kier molecular flexibility index (Phi) is 5.22. The second-order valence-corrected chi connectivity index (χ2v) is 5.65. The van der Waals surface area contributed by atoms with Gasteiger partial charge in [-0.05, 0) is 13.0 Å². The molecule has 2 heterocycles. The Morgan fingerprint density at radius 3 is 2.95 bits per heavy atom. The highest BCUT2D eigenvalue weighted by molar-refractivity contribution is 7.14. The molecule has 2 rings (SSSR count). The van der Waals surface area contributed by atoms with Crippen LogP contribution in [0.15, 0.2) is 5.38 Å². The minimum absolute atomic E-state index is 0.0437.